The van der Waals surface area contributed by atoms with Crippen molar-refractivity contribution in [2.24, 2.45) is 4.99 Å². The Morgan fingerprint density at radius 1 is 1.07 bits per heavy atom. The normalized spacial score (nSPS) is 13.2. The summed E-state index contributed by atoms with van der Waals surface area (Å²) in [4.78, 5) is 6.67. The highest BCUT2D eigenvalue weighted by Crippen LogP contribution is 2.20. The molecular weight excluding hydrogens is 475 g/mol. The van der Waals surface area contributed by atoms with Gasteiger partial charge in [-0.3, -0.25) is 4.99 Å². The third-order valence-corrected chi connectivity index (χ3v) is 4.93. The Hall–Kier alpha value is -2.22. The number of hydrogen-bond acceptors (Lipinski definition) is 3. The monoisotopic (exact) mass is 506 g/mol. The van der Waals surface area contributed by atoms with E-state index in [9.17, 15) is 0 Å². The first-order chi connectivity index (χ1) is 13.7. The fourth-order valence-electron chi connectivity index (χ4n) is 3.34. The second kappa shape index (κ2) is 11.7. The minimum absolute atomic E-state index is 0. The molecule has 29 heavy (non-hydrogen) atoms. The Morgan fingerprint density at radius 2 is 1.79 bits per heavy atom. The van der Waals surface area contributed by atoms with Gasteiger partial charge in [0, 0.05) is 38.9 Å². The van der Waals surface area contributed by atoms with Gasteiger partial charge in [0.05, 0.1) is 7.11 Å². The molecule has 0 spiro atoms. The van der Waals surface area contributed by atoms with Crippen molar-refractivity contribution in [2.75, 3.05) is 38.7 Å². The van der Waals surface area contributed by atoms with E-state index >= 15 is 0 Å². The summed E-state index contributed by atoms with van der Waals surface area (Å²) < 4.78 is 5.46. The van der Waals surface area contributed by atoms with Crippen molar-refractivity contribution in [3.8, 4) is 5.75 Å². The van der Waals surface area contributed by atoms with E-state index < -0.39 is 0 Å². The summed E-state index contributed by atoms with van der Waals surface area (Å²) in [6.07, 6.45) is 5.29. The van der Waals surface area contributed by atoms with Crippen LogP contribution in [0.4, 0.5) is 5.69 Å². The zero-order valence-corrected chi connectivity index (χ0v) is 19.8. The number of hydrogen-bond donors (Lipinski definition) is 2. The van der Waals surface area contributed by atoms with Crippen LogP contribution in [0.5, 0.6) is 5.75 Å². The number of benzene rings is 2. The van der Waals surface area contributed by atoms with Gasteiger partial charge in [-0.15, -0.1) is 24.0 Å². The second-order valence-electron chi connectivity index (χ2n) is 6.96. The number of rotatable bonds is 7. The fraction of sp³-hybridized carbons (Fsp3) is 0.348. The van der Waals surface area contributed by atoms with Crippen LogP contribution in [0.3, 0.4) is 0 Å². The first-order valence-electron chi connectivity index (χ1n) is 9.76. The van der Waals surface area contributed by atoms with Crippen LogP contribution in [-0.2, 0) is 13.0 Å². The summed E-state index contributed by atoms with van der Waals surface area (Å²) in [5.74, 6) is 1.74. The second-order valence-corrected chi connectivity index (χ2v) is 6.96. The number of aryl methyl sites for hydroxylation is 1. The molecule has 0 radical (unpaired) electrons. The van der Waals surface area contributed by atoms with E-state index in [1.807, 2.05) is 6.07 Å². The van der Waals surface area contributed by atoms with Crippen LogP contribution in [0.15, 0.2) is 59.6 Å². The van der Waals surface area contributed by atoms with Gasteiger partial charge in [-0.1, -0.05) is 42.0 Å². The molecule has 3 rings (SSSR count). The number of nitrogens with one attached hydrogen (secondary N) is 2. The third-order valence-electron chi connectivity index (χ3n) is 4.93. The maximum Gasteiger partial charge on any atom is 0.191 e. The Bertz CT molecular complexity index is 825. The van der Waals surface area contributed by atoms with Crippen LogP contribution in [0.2, 0.25) is 0 Å². The smallest absolute Gasteiger partial charge is 0.191 e. The molecule has 1 aliphatic rings. The first-order valence-corrected chi connectivity index (χ1v) is 9.76. The summed E-state index contributed by atoms with van der Waals surface area (Å²) in [6, 6.07) is 15.0. The van der Waals surface area contributed by atoms with Gasteiger partial charge in [0.1, 0.15) is 5.75 Å². The summed E-state index contributed by atoms with van der Waals surface area (Å²) in [7, 11) is 3.51. The SMILES string of the molecule is CN=C(NCCc1cc(C)ccc1OC)NCc1ccc(N2CC=CC2)cc1.I. The van der Waals surface area contributed by atoms with E-state index in [4.69, 9.17) is 4.74 Å². The zero-order valence-electron chi connectivity index (χ0n) is 17.4. The molecule has 0 unspecified atom stereocenters. The molecule has 0 amide bonds. The van der Waals surface area contributed by atoms with E-state index in [-0.39, 0.29) is 24.0 Å². The minimum atomic E-state index is 0. The number of halogens is 1. The maximum absolute atomic E-state index is 5.46. The van der Waals surface area contributed by atoms with Crippen LogP contribution in [0, 0.1) is 6.92 Å². The first kappa shape index (κ1) is 23.1. The van der Waals surface area contributed by atoms with Gasteiger partial charge in [0.15, 0.2) is 5.96 Å². The van der Waals surface area contributed by atoms with Crippen LogP contribution in [0.1, 0.15) is 16.7 Å². The molecule has 2 aromatic carbocycles. The molecule has 0 aliphatic carbocycles. The quantitative estimate of drug-likeness (QED) is 0.259. The van der Waals surface area contributed by atoms with Crippen molar-refractivity contribution in [3.63, 3.8) is 0 Å². The van der Waals surface area contributed by atoms with Crippen molar-refractivity contribution in [3.05, 3.63) is 71.3 Å². The lowest BCUT2D eigenvalue weighted by Gasteiger charge is -2.18. The summed E-state index contributed by atoms with van der Waals surface area (Å²) in [5, 5.41) is 6.76. The van der Waals surface area contributed by atoms with E-state index in [0.717, 1.165) is 44.3 Å². The molecule has 1 aliphatic heterocycles. The van der Waals surface area contributed by atoms with Crippen molar-refractivity contribution in [2.45, 2.75) is 19.9 Å². The molecule has 5 nitrogen and oxygen atoms in total. The number of ether oxygens (including phenoxy) is 1. The van der Waals surface area contributed by atoms with Gasteiger partial charge in [-0.05, 0) is 42.7 Å². The molecule has 0 fully saturated rings. The van der Waals surface area contributed by atoms with Crippen molar-refractivity contribution < 1.29 is 4.74 Å². The van der Waals surface area contributed by atoms with Gasteiger partial charge in [-0.2, -0.15) is 0 Å². The number of methoxy groups -OCH3 is 1. The summed E-state index contributed by atoms with van der Waals surface area (Å²) >= 11 is 0. The minimum Gasteiger partial charge on any atom is -0.496 e. The predicted octanol–water partition coefficient (Wildman–Crippen LogP) is 3.91. The summed E-state index contributed by atoms with van der Waals surface area (Å²) in [6.45, 7) is 5.63. The van der Waals surface area contributed by atoms with E-state index in [0.29, 0.717) is 0 Å². The average Bonchev–Trinajstić information content (AvgIpc) is 3.26. The molecule has 2 aromatic rings. The standard InChI is InChI=1S/C23H30N4O.HI/c1-18-6-11-22(28-3)20(16-18)12-13-25-23(24-2)26-17-19-7-9-21(10-8-19)27-14-4-5-15-27;/h4-11,16H,12-15,17H2,1-3H3,(H2,24,25,26);1H. The lowest BCUT2D eigenvalue weighted by Crippen LogP contribution is -2.37. The largest absolute Gasteiger partial charge is 0.496 e. The van der Waals surface area contributed by atoms with Crippen LogP contribution >= 0.6 is 24.0 Å². The van der Waals surface area contributed by atoms with Crippen LogP contribution in [-0.4, -0.2) is 39.8 Å². The lowest BCUT2D eigenvalue weighted by molar-refractivity contribution is 0.409. The fourth-order valence-corrected chi connectivity index (χ4v) is 3.34. The molecule has 0 saturated carbocycles. The molecule has 0 bridgehead atoms. The number of aliphatic imine (C=N–C) groups is 1. The summed E-state index contributed by atoms with van der Waals surface area (Å²) in [5.41, 5.74) is 4.95. The van der Waals surface area contributed by atoms with Crippen LogP contribution in [0.25, 0.3) is 0 Å². The predicted molar refractivity (Wildman–Crippen MR) is 133 cm³/mol. The topological polar surface area (TPSA) is 48.9 Å². The van der Waals surface area contributed by atoms with E-state index in [2.05, 4.69) is 76.0 Å². The van der Waals surface area contributed by atoms with Gasteiger partial charge in [-0.25, -0.2) is 0 Å². The van der Waals surface area contributed by atoms with E-state index in [1.54, 1.807) is 14.2 Å². The highest BCUT2D eigenvalue weighted by atomic mass is 127. The van der Waals surface area contributed by atoms with Gasteiger partial charge in [0.25, 0.3) is 0 Å². The maximum atomic E-state index is 5.46. The Kier molecular flexibility index (Phi) is 9.31. The highest BCUT2D eigenvalue weighted by Gasteiger charge is 2.07. The van der Waals surface area contributed by atoms with Crippen molar-refractivity contribution >= 4 is 35.6 Å². The molecule has 2 N–H and O–H groups in total. The van der Waals surface area contributed by atoms with Gasteiger partial charge in [0.2, 0.25) is 0 Å². The molecule has 0 saturated heterocycles. The molecule has 6 heteroatoms. The molecule has 1 heterocycles. The number of guanidine groups is 1. The van der Waals surface area contributed by atoms with Crippen LogP contribution < -0.4 is 20.3 Å². The number of nitrogens with zero attached hydrogens (tertiary/aromatic N) is 2. The Morgan fingerprint density at radius 3 is 2.45 bits per heavy atom. The molecule has 156 valence electrons. The number of anilines is 1. The highest BCUT2D eigenvalue weighted by molar-refractivity contribution is 14.0. The van der Waals surface area contributed by atoms with Crippen molar-refractivity contribution in [1.82, 2.24) is 10.6 Å². The van der Waals surface area contributed by atoms with Crippen molar-refractivity contribution in [1.29, 1.82) is 0 Å². The van der Waals surface area contributed by atoms with Gasteiger partial charge < -0.3 is 20.3 Å². The zero-order chi connectivity index (χ0) is 19.8. The molecular formula is C23H31IN4O. The van der Waals surface area contributed by atoms with E-state index in [1.165, 1.54) is 22.4 Å². The lowest BCUT2D eigenvalue weighted by atomic mass is 10.1. The third kappa shape index (κ3) is 6.66. The Labute approximate surface area is 191 Å². The average molecular weight is 506 g/mol. The Balaban J connectivity index is 0.00000300. The van der Waals surface area contributed by atoms with Gasteiger partial charge >= 0.3 is 0 Å². The molecule has 0 atom stereocenters. The molecule has 0 aromatic heterocycles.